The van der Waals surface area contributed by atoms with Gasteiger partial charge in [0.25, 0.3) is 0 Å². The Bertz CT molecular complexity index is 1020. The summed E-state index contributed by atoms with van der Waals surface area (Å²) < 4.78 is 13.3. The maximum Gasteiger partial charge on any atom is 0.229 e. The molecule has 0 bridgehead atoms. The lowest BCUT2D eigenvalue weighted by Crippen LogP contribution is -2.21. The molecule has 25 heavy (non-hydrogen) atoms. The van der Waals surface area contributed by atoms with Gasteiger partial charge in [0.05, 0.1) is 22.9 Å². The fourth-order valence-electron chi connectivity index (χ4n) is 3.15. The van der Waals surface area contributed by atoms with Crippen molar-refractivity contribution in [3.63, 3.8) is 0 Å². The van der Waals surface area contributed by atoms with Crippen LogP contribution in [-0.4, -0.2) is 9.78 Å². The van der Waals surface area contributed by atoms with Crippen LogP contribution in [0.15, 0.2) is 58.3 Å². The molecule has 3 aromatic rings. The minimum atomic E-state index is -0.431. The molecule has 0 radical (unpaired) electrons. The van der Waals surface area contributed by atoms with E-state index in [1.807, 2.05) is 56.3 Å². The molecule has 6 nitrogen and oxygen atoms in total. The lowest BCUT2D eigenvalue weighted by Gasteiger charge is -2.23. The zero-order valence-electron chi connectivity index (χ0n) is 13.9. The van der Waals surface area contributed by atoms with E-state index >= 15 is 0 Å². The van der Waals surface area contributed by atoms with Gasteiger partial charge in [0.1, 0.15) is 23.2 Å². The van der Waals surface area contributed by atoms with Gasteiger partial charge in [-0.15, -0.1) is 0 Å². The summed E-state index contributed by atoms with van der Waals surface area (Å²) in [6.45, 7) is 3.75. The van der Waals surface area contributed by atoms with Gasteiger partial charge in [0, 0.05) is 0 Å². The first-order valence-electron chi connectivity index (χ1n) is 7.89. The first kappa shape index (κ1) is 15.1. The molecule has 2 aromatic heterocycles. The number of nitriles is 1. The Balaban J connectivity index is 1.96. The maximum atomic E-state index is 9.60. The third kappa shape index (κ3) is 2.29. The van der Waals surface area contributed by atoms with Gasteiger partial charge in [0.2, 0.25) is 11.8 Å². The van der Waals surface area contributed by atoms with Crippen molar-refractivity contribution in [1.29, 1.82) is 5.26 Å². The predicted molar refractivity (Wildman–Crippen MR) is 91.0 cm³/mol. The zero-order chi connectivity index (χ0) is 17.6. The summed E-state index contributed by atoms with van der Waals surface area (Å²) in [7, 11) is 0. The molecule has 4 rings (SSSR count). The molecule has 0 unspecified atom stereocenters. The smallest absolute Gasteiger partial charge is 0.229 e. The van der Waals surface area contributed by atoms with Crippen LogP contribution in [0.1, 0.15) is 28.7 Å². The van der Waals surface area contributed by atoms with Gasteiger partial charge in [-0.1, -0.05) is 18.2 Å². The number of rotatable bonds is 2. The lowest BCUT2D eigenvalue weighted by molar-refractivity contribution is 0.359. The molecule has 0 saturated carbocycles. The molecule has 1 aliphatic rings. The molecule has 0 saturated heterocycles. The van der Waals surface area contributed by atoms with Crippen molar-refractivity contribution in [3.05, 3.63) is 76.7 Å². The number of hydrogen-bond acceptors (Lipinski definition) is 5. The number of benzene rings is 1. The molecular formula is C19H16N4O2. The molecule has 1 aromatic carbocycles. The number of nitrogens with two attached hydrogens (primary N) is 1. The van der Waals surface area contributed by atoms with Crippen molar-refractivity contribution in [2.75, 3.05) is 0 Å². The number of nitrogens with zero attached hydrogens (tertiary/aromatic N) is 3. The monoisotopic (exact) mass is 332 g/mol. The van der Waals surface area contributed by atoms with E-state index in [1.54, 1.807) is 4.68 Å². The number of aromatic nitrogens is 2. The Morgan fingerprint density at radius 2 is 1.92 bits per heavy atom. The molecule has 0 aliphatic carbocycles. The molecule has 1 aliphatic heterocycles. The standard InChI is InChI=1S/C19H16N4O2/c1-11-8-9-15(24-11)17-14(10-20)18(21)25-19-16(17)12(2)22-23(19)13-6-4-3-5-7-13/h3-9,17H,21H2,1-2H3/t17-/m1/s1. The van der Waals surface area contributed by atoms with Gasteiger partial charge in [-0.25, -0.2) is 4.68 Å². The molecule has 124 valence electrons. The second kappa shape index (κ2) is 5.56. The first-order valence-corrected chi connectivity index (χ1v) is 7.89. The lowest BCUT2D eigenvalue weighted by atomic mass is 9.88. The van der Waals surface area contributed by atoms with Crippen LogP contribution in [-0.2, 0) is 0 Å². The highest BCUT2D eigenvalue weighted by Crippen LogP contribution is 2.44. The number of para-hydroxylation sites is 1. The Hall–Kier alpha value is -3.46. The summed E-state index contributed by atoms with van der Waals surface area (Å²) in [4.78, 5) is 0. The van der Waals surface area contributed by atoms with Crippen molar-refractivity contribution in [2.45, 2.75) is 19.8 Å². The summed E-state index contributed by atoms with van der Waals surface area (Å²) in [5.41, 5.74) is 8.79. The molecule has 0 spiro atoms. The minimum Gasteiger partial charge on any atom is -0.465 e. The van der Waals surface area contributed by atoms with E-state index in [9.17, 15) is 5.26 Å². The summed E-state index contributed by atoms with van der Waals surface area (Å²) in [6.07, 6.45) is 0. The molecule has 0 amide bonds. The second-order valence-electron chi connectivity index (χ2n) is 5.92. The summed E-state index contributed by atoms with van der Waals surface area (Å²) >= 11 is 0. The van der Waals surface area contributed by atoms with Gasteiger partial charge in [-0.2, -0.15) is 10.4 Å². The van der Waals surface area contributed by atoms with Crippen molar-refractivity contribution in [3.8, 4) is 17.6 Å². The molecule has 6 heteroatoms. The van der Waals surface area contributed by atoms with Gasteiger partial charge in [0.15, 0.2) is 0 Å². The average molecular weight is 332 g/mol. The topological polar surface area (TPSA) is 90.0 Å². The normalized spacial score (nSPS) is 16.3. The van der Waals surface area contributed by atoms with Gasteiger partial charge in [-0.05, 0) is 38.1 Å². The van der Waals surface area contributed by atoms with Crippen LogP contribution in [0.3, 0.4) is 0 Å². The predicted octanol–water partition coefficient (Wildman–Crippen LogP) is 3.30. The number of furan rings is 1. The quantitative estimate of drug-likeness (QED) is 0.777. The average Bonchev–Trinajstić information content (AvgIpc) is 3.18. The second-order valence-corrected chi connectivity index (χ2v) is 5.92. The summed E-state index contributed by atoms with van der Waals surface area (Å²) in [5.74, 6) is 1.58. The van der Waals surface area contributed by atoms with E-state index < -0.39 is 5.92 Å². The Kier molecular flexibility index (Phi) is 3.36. The van der Waals surface area contributed by atoms with Crippen LogP contribution in [0.2, 0.25) is 0 Å². The highest BCUT2D eigenvalue weighted by Gasteiger charge is 2.37. The van der Waals surface area contributed by atoms with Crippen molar-refractivity contribution >= 4 is 0 Å². The molecule has 0 fully saturated rings. The number of allylic oxidation sites excluding steroid dienone is 1. The zero-order valence-corrected chi connectivity index (χ0v) is 13.9. The molecule has 2 N–H and O–H groups in total. The highest BCUT2D eigenvalue weighted by molar-refractivity contribution is 5.55. The number of ether oxygens (including phenoxy) is 1. The van der Waals surface area contributed by atoms with E-state index in [0.717, 1.165) is 22.7 Å². The number of fused-ring (bicyclic) bond motifs is 1. The van der Waals surface area contributed by atoms with E-state index in [1.165, 1.54) is 0 Å². The Labute approximate surface area is 144 Å². The van der Waals surface area contributed by atoms with E-state index in [4.69, 9.17) is 14.9 Å². The van der Waals surface area contributed by atoms with Crippen LogP contribution in [0.5, 0.6) is 5.88 Å². The van der Waals surface area contributed by atoms with Crippen molar-refractivity contribution < 1.29 is 9.15 Å². The maximum absolute atomic E-state index is 9.60. The van der Waals surface area contributed by atoms with Crippen molar-refractivity contribution in [1.82, 2.24) is 9.78 Å². The highest BCUT2D eigenvalue weighted by atomic mass is 16.5. The SMILES string of the molecule is Cc1ccc([C@H]2C(C#N)=C(N)Oc3c2c(C)nn3-c2ccccc2)o1. The van der Waals surface area contributed by atoms with Gasteiger partial charge in [-0.3, -0.25) is 0 Å². The van der Waals surface area contributed by atoms with Crippen LogP contribution in [0.4, 0.5) is 0 Å². The van der Waals surface area contributed by atoms with Gasteiger partial charge >= 0.3 is 0 Å². The van der Waals surface area contributed by atoms with E-state index in [2.05, 4.69) is 11.2 Å². The first-order chi connectivity index (χ1) is 12.1. The van der Waals surface area contributed by atoms with E-state index in [0.29, 0.717) is 17.2 Å². The fraction of sp³-hybridized carbons (Fsp3) is 0.158. The fourth-order valence-corrected chi connectivity index (χ4v) is 3.15. The Morgan fingerprint density at radius 3 is 2.56 bits per heavy atom. The molecular weight excluding hydrogens is 316 g/mol. The van der Waals surface area contributed by atoms with Crippen LogP contribution in [0.25, 0.3) is 5.69 Å². The minimum absolute atomic E-state index is 0.0751. The third-order valence-corrected chi connectivity index (χ3v) is 4.28. The molecule has 3 heterocycles. The van der Waals surface area contributed by atoms with Crippen LogP contribution >= 0.6 is 0 Å². The largest absolute Gasteiger partial charge is 0.465 e. The number of aryl methyl sites for hydroxylation is 2. The molecule has 1 atom stereocenters. The van der Waals surface area contributed by atoms with E-state index in [-0.39, 0.29) is 5.88 Å². The Morgan fingerprint density at radius 1 is 1.16 bits per heavy atom. The third-order valence-electron chi connectivity index (χ3n) is 4.28. The number of hydrogen-bond donors (Lipinski definition) is 1. The summed E-state index contributed by atoms with van der Waals surface area (Å²) in [5, 5.41) is 14.2. The summed E-state index contributed by atoms with van der Waals surface area (Å²) in [6, 6.07) is 15.5. The van der Waals surface area contributed by atoms with Crippen molar-refractivity contribution in [2.24, 2.45) is 5.73 Å². The van der Waals surface area contributed by atoms with Crippen LogP contribution < -0.4 is 10.5 Å². The van der Waals surface area contributed by atoms with Crippen LogP contribution in [0, 0.1) is 25.2 Å². The van der Waals surface area contributed by atoms with Gasteiger partial charge < -0.3 is 14.9 Å².